The van der Waals surface area contributed by atoms with Crippen molar-refractivity contribution in [2.75, 3.05) is 12.4 Å². The first-order valence-corrected chi connectivity index (χ1v) is 11.0. The fourth-order valence-corrected chi connectivity index (χ4v) is 4.17. The number of thiazole rings is 1. The van der Waals surface area contributed by atoms with Crippen LogP contribution in [0, 0.1) is 0 Å². The number of aromatic nitrogens is 1. The first-order chi connectivity index (χ1) is 16.1. The summed E-state index contributed by atoms with van der Waals surface area (Å²) in [5, 5.41) is 6.06. The number of rotatable bonds is 5. The summed E-state index contributed by atoms with van der Waals surface area (Å²) >= 11 is 1.35. The number of methoxy groups -OCH3 is 1. The Morgan fingerprint density at radius 1 is 0.970 bits per heavy atom. The second kappa shape index (κ2) is 8.72. The van der Waals surface area contributed by atoms with Crippen molar-refractivity contribution >= 4 is 33.3 Å². The van der Waals surface area contributed by atoms with Crippen LogP contribution in [0.25, 0.3) is 33.4 Å². The van der Waals surface area contributed by atoms with Gasteiger partial charge in [0.1, 0.15) is 11.3 Å². The Labute approximate surface area is 193 Å². The highest BCUT2D eigenvalue weighted by Crippen LogP contribution is 2.27. The molecule has 5 aromatic rings. The Bertz CT molecular complexity index is 1500. The number of hydrogen-bond donors (Lipinski definition) is 1. The fourth-order valence-electron chi connectivity index (χ4n) is 3.46. The number of benzene rings is 3. The molecular formula is C26H18N2O4S. The van der Waals surface area contributed by atoms with E-state index in [1.54, 1.807) is 43.5 Å². The Balaban J connectivity index is 1.33. The zero-order valence-electron chi connectivity index (χ0n) is 17.6. The molecule has 0 bridgehead atoms. The highest BCUT2D eigenvalue weighted by atomic mass is 32.1. The molecule has 0 radical (unpaired) electrons. The van der Waals surface area contributed by atoms with Gasteiger partial charge in [0.15, 0.2) is 5.13 Å². The molecule has 7 heteroatoms. The lowest BCUT2D eigenvalue weighted by atomic mass is 10.0. The van der Waals surface area contributed by atoms with Crippen LogP contribution in [0.4, 0.5) is 5.13 Å². The van der Waals surface area contributed by atoms with Gasteiger partial charge < -0.3 is 9.15 Å². The third kappa shape index (κ3) is 4.26. The predicted octanol–water partition coefficient (Wildman–Crippen LogP) is 5.84. The molecule has 3 aromatic carbocycles. The summed E-state index contributed by atoms with van der Waals surface area (Å²) in [5.41, 5.74) is 3.43. The number of hydrogen-bond acceptors (Lipinski definition) is 6. The smallest absolute Gasteiger partial charge is 0.344 e. The molecule has 0 spiro atoms. The van der Waals surface area contributed by atoms with Gasteiger partial charge in [0.05, 0.1) is 18.4 Å². The van der Waals surface area contributed by atoms with Gasteiger partial charge in [0.25, 0.3) is 5.91 Å². The summed E-state index contributed by atoms with van der Waals surface area (Å²) < 4.78 is 10.6. The lowest BCUT2D eigenvalue weighted by Gasteiger charge is -2.05. The maximum absolute atomic E-state index is 12.7. The minimum absolute atomic E-state index is 0.275. The molecule has 162 valence electrons. The van der Waals surface area contributed by atoms with E-state index in [1.807, 2.05) is 47.8 Å². The van der Waals surface area contributed by atoms with E-state index in [9.17, 15) is 9.59 Å². The number of fused-ring (bicyclic) bond motifs is 1. The average molecular weight is 455 g/mol. The van der Waals surface area contributed by atoms with Crippen LogP contribution in [-0.2, 0) is 0 Å². The van der Waals surface area contributed by atoms with Gasteiger partial charge in [0.2, 0.25) is 0 Å². The number of nitrogens with one attached hydrogen (secondary N) is 1. The number of amides is 1. The molecule has 6 nitrogen and oxygen atoms in total. The van der Waals surface area contributed by atoms with Crippen molar-refractivity contribution < 1.29 is 13.9 Å². The van der Waals surface area contributed by atoms with E-state index in [-0.39, 0.29) is 5.91 Å². The van der Waals surface area contributed by atoms with Gasteiger partial charge in [-0.2, -0.15) is 0 Å². The molecule has 0 unspecified atom stereocenters. The zero-order valence-corrected chi connectivity index (χ0v) is 18.4. The molecule has 5 rings (SSSR count). The Hall–Kier alpha value is -4.23. The third-order valence-corrected chi connectivity index (χ3v) is 5.97. The number of anilines is 1. The number of nitrogens with zero attached hydrogens (tertiary/aromatic N) is 1. The van der Waals surface area contributed by atoms with Crippen molar-refractivity contribution in [3.05, 3.63) is 100 Å². The Morgan fingerprint density at radius 3 is 2.45 bits per heavy atom. The van der Waals surface area contributed by atoms with Gasteiger partial charge in [-0.15, -0.1) is 11.3 Å². The maximum atomic E-state index is 12.7. The number of carbonyl (C=O) groups excluding carboxylic acids is 1. The van der Waals surface area contributed by atoms with Crippen molar-refractivity contribution in [2.45, 2.75) is 0 Å². The molecule has 0 fully saturated rings. The SMILES string of the molecule is COc1ccc(-c2csc(NC(=O)c3ccc(-c4cc5ccccc5oc4=O)cc3)n2)cc1. The molecule has 0 saturated carbocycles. The number of para-hydroxylation sites is 1. The van der Waals surface area contributed by atoms with E-state index in [0.29, 0.717) is 27.4 Å². The van der Waals surface area contributed by atoms with Crippen LogP contribution in [0.3, 0.4) is 0 Å². The summed E-state index contributed by atoms with van der Waals surface area (Å²) in [4.78, 5) is 29.6. The maximum Gasteiger partial charge on any atom is 0.344 e. The van der Waals surface area contributed by atoms with Gasteiger partial charge >= 0.3 is 5.63 Å². The first kappa shape index (κ1) is 20.7. The highest BCUT2D eigenvalue weighted by Gasteiger charge is 2.12. The summed E-state index contributed by atoms with van der Waals surface area (Å²) in [5.74, 6) is 0.496. The van der Waals surface area contributed by atoms with Crippen LogP contribution in [0.1, 0.15) is 10.4 Å². The lowest BCUT2D eigenvalue weighted by Crippen LogP contribution is -2.11. The molecule has 1 N–H and O–H groups in total. The lowest BCUT2D eigenvalue weighted by molar-refractivity contribution is 0.102. The van der Waals surface area contributed by atoms with Crippen molar-refractivity contribution in [1.29, 1.82) is 0 Å². The first-order valence-electron chi connectivity index (χ1n) is 10.2. The Morgan fingerprint density at radius 2 is 1.70 bits per heavy atom. The second-order valence-corrected chi connectivity index (χ2v) is 8.14. The third-order valence-electron chi connectivity index (χ3n) is 5.21. The van der Waals surface area contributed by atoms with Crippen molar-refractivity contribution in [3.8, 4) is 28.1 Å². The van der Waals surface area contributed by atoms with E-state index < -0.39 is 5.63 Å². The van der Waals surface area contributed by atoms with Crippen LogP contribution in [0.5, 0.6) is 5.75 Å². The van der Waals surface area contributed by atoms with Crippen LogP contribution in [0.15, 0.2) is 93.5 Å². The predicted molar refractivity (Wildman–Crippen MR) is 130 cm³/mol. The summed E-state index contributed by atoms with van der Waals surface area (Å²) in [6.45, 7) is 0. The molecule has 0 aliphatic heterocycles. The largest absolute Gasteiger partial charge is 0.497 e. The van der Waals surface area contributed by atoms with Gasteiger partial charge in [-0.1, -0.05) is 30.3 Å². The number of carbonyl (C=O) groups is 1. The normalized spacial score (nSPS) is 10.8. The van der Waals surface area contributed by atoms with Gasteiger partial charge in [-0.25, -0.2) is 9.78 Å². The van der Waals surface area contributed by atoms with E-state index in [0.717, 1.165) is 22.4 Å². The van der Waals surface area contributed by atoms with Crippen LogP contribution in [-0.4, -0.2) is 18.0 Å². The highest BCUT2D eigenvalue weighted by molar-refractivity contribution is 7.14. The van der Waals surface area contributed by atoms with Crippen molar-refractivity contribution in [1.82, 2.24) is 4.98 Å². The summed E-state index contributed by atoms with van der Waals surface area (Å²) in [7, 11) is 1.62. The van der Waals surface area contributed by atoms with Crippen molar-refractivity contribution in [3.63, 3.8) is 0 Å². The Kier molecular flexibility index (Phi) is 5.46. The minimum Gasteiger partial charge on any atom is -0.497 e. The molecule has 2 aromatic heterocycles. The number of ether oxygens (including phenoxy) is 1. The molecular weight excluding hydrogens is 436 g/mol. The van der Waals surface area contributed by atoms with Gasteiger partial charge in [-0.3, -0.25) is 10.1 Å². The fraction of sp³-hybridized carbons (Fsp3) is 0.0385. The molecule has 1 amide bonds. The van der Waals surface area contributed by atoms with Crippen LogP contribution >= 0.6 is 11.3 Å². The quantitative estimate of drug-likeness (QED) is 0.337. The molecule has 33 heavy (non-hydrogen) atoms. The van der Waals surface area contributed by atoms with E-state index >= 15 is 0 Å². The molecule has 0 aliphatic carbocycles. The van der Waals surface area contributed by atoms with E-state index in [1.165, 1.54) is 11.3 Å². The average Bonchev–Trinajstić information content (AvgIpc) is 3.32. The molecule has 2 heterocycles. The van der Waals surface area contributed by atoms with Crippen LogP contribution < -0.4 is 15.7 Å². The molecule has 0 aliphatic rings. The second-order valence-electron chi connectivity index (χ2n) is 7.28. The van der Waals surface area contributed by atoms with Crippen LogP contribution in [0.2, 0.25) is 0 Å². The van der Waals surface area contributed by atoms with Crippen molar-refractivity contribution in [2.24, 2.45) is 0 Å². The van der Waals surface area contributed by atoms with Gasteiger partial charge in [-0.05, 0) is 54.1 Å². The molecule has 0 atom stereocenters. The standard InChI is InChI=1S/C26H18N2O4S/c1-31-20-12-10-17(11-13-20)22-15-33-26(27-22)28-24(29)18-8-6-16(7-9-18)21-14-19-4-2-3-5-23(19)32-25(21)30/h2-15H,1H3,(H,27,28,29). The summed E-state index contributed by atoms with van der Waals surface area (Å²) in [6, 6.07) is 23.5. The summed E-state index contributed by atoms with van der Waals surface area (Å²) in [6.07, 6.45) is 0. The zero-order chi connectivity index (χ0) is 22.8. The monoisotopic (exact) mass is 454 g/mol. The van der Waals surface area contributed by atoms with E-state index in [4.69, 9.17) is 9.15 Å². The minimum atomic E-state index is -0.417. The van der Waals surface area contributed by atoms with Gasteiger partial charge in [0, 0.05) is 21.9 Å². The topological polar surface area (TPSA) is 81.4 Å². The molecule has 0 saturated heterocycles. The van der Waals surface area contributed by atoms with E-state index in [2.05, 4.69) is 10.3 Å².